The van der Waals surface area contributed by atoms with Crippen molar-refractivity contribution in [1.29, 1.82) is 0 Å². The first-order chi connectivity index (χ1) is 14.7. The maximum Gasteiger partial charge on any atom is 0.229 e. The van der Waals surface area contributed by atoms with Gasteiger partial charge in [-0.05, 0) is 50.2 Å². The molecule has 4 N–H and O–H groups in total. The zero-order valence-electron chi connectivity index (χ0n) is 17.0. The molecule has 1 aliphatic rings. The number of rotatable bonds is 8. The first-order valence-electron chi connectivity index (χ1n) is 10.1. The highest BCUT2D eigenvalue weighted by molar-refractivity contribution is 5.75. The Hall–Kier alpha value is -3.17. The van der Waals surface area contributed by atoms with Crippen LogP contribution < -0.4 is 20.7 Å². The van der Waals surface area contributed by atoms with Crippen LogP contribution in [0.2, 0.25) is 0 Å². The van der Waals surface area contributed by atoms with E-state index in [2.05, 4.69) is 26.0 Å². The first-order valence-corrected chi connectivity index (χ1v) is 10.1. The van der Waals surface area contributed by atoms with Crippen molar-refractivity contribution >= 4 is 17.5 Å². The minimum absolute atomic E-state index is 0.0442. The zero-order valence-corrected chi connectivity index (χ0v) is 17.0. The summed E-state index contributed by atoms with van der Waals surface area (Å²) in [5, 5.41) is 23.7. The number of aliphatic hydroxyl groups excluding tert-OH is 1. The van der Waals surface area contributed by atoms with Crippen LogP contribution in [0.1, 0.15) is 12.8 Å². The van der Waals surface area contributed by atoms with Crippen molar-refractivity contribution in [3.05, 3.63) is 42.9 Å². The quantitative estimate of drug-likeness (QED) is 0.449. The second kappa shape index (κ2) is 9.55. The third-order valence-electron chi connectivity index (χ3n) is 5.09. The molecule has 1 saturated heterocycles. The second-order valence-electron chi connectivity index (χ2n) is 7.19. The number of hydrogen-bond donors (Lipinski definition) is 4. The number of aliphatic hydroxyl groups is 1. The summed E-state index contributed by atoms with van der Waals surface area (Å²) < 4.78 is 6.92. The van der Waals surface area contributed by atoms with Gasteiger partial charge in [0.05, 0.1) is 26.5 Å². The van der Waals surface area contributed by atoms with E-state index in [1.54, 1.807) is 18.0 Å². The molecule has 9 heteroatoms. The summed E-state index contributed by atoms with van der Waals surface area (Å²) in [5.74, 6) is 2.09. The topological polar surface area (TPSA) is 109 Å². The molecule has 1 aliphatic heterocycles. The zero-order chi connectivity index (χ0) is 20.8. The summed E-state index contributed by atoms with van der Waals surface area (Å²) in [6.45, 7) is 2.48. The molecule has 0 spiro atoms. The van der Waals surface area contributed by atoms with Crippen LogP contribution in [0, 0.1) is 0 Å². The van der Waals surface area contributed by atoms with Crippen LogP contribution in [-0.2, 0) is 6.54 Å². The van der Waals surface area contributed by atoms with E-state index in [4.69, 9.17) is 14.8 Å². The molecule has 0 radical (unpaired) electrons. The highest BCUT2D eigenvalue weighted by atomic mass is 16.5. The first kappa shape index (κ1) is 20.1. The number of nitrogens with one attached hydrogen (secondary N) is 3. The molecule has 30 heavy (non-hydrogen) atoms. The van der Waals surface area contributed by atoms with Crippen LogP contribution in [-0.4, -0.2) is 57.7 Å². The Bertz CT molecular complexity index is 952. The van der Waals surface area contributed by atoms with E-state index in [-0.39, 0.29) is 6.61 Å². The minimum atomic E-state index is 0.0442. The summed E-state index contributed by atoms with van der Waals surface area (Å²) >= 11 is 0. The highest BCUT2D eigenvalue weighted by Gasteiger charge is 2.18. The van der Waals surface area contributed by atoms with Crippen LogP contribution in [0.3, 0.4) is 0 Å². The summed E-state index contributed by atoms with van der Waals surface area (Å²) in [5.41, 5.74) is 2.68. The fourth-order valence-electron chi connectivity index (χ4n) is 3.45. The Morgan fingerprint density at radius 2 is 2.00 bits per heavy atom. The molecule has 158 valence electrons. The van der Waals surface area contributed by atoms with Gasteiger partial charge in [0.1, 0.15) is 11.6 Å². The average Bonchev–Trinajstić information content (AvgIpc) is 3.24. The normalized spacial score (nSPS) is 14.5. The standard InChI is InChI=1S/C21H27N7O2/c1-30-18-4-2-16(3-5-18)26-21-23-13-19(15-12-24-28(14-15)10-11-29)20(27-21)25-17-6-8-22-9-7-17/h2-5,12-14,17,22,29H,6-11H2,1H3,(H2,23,25,26,27). The number of hydrogen-bond acceptors (Lipinski definition) is 8. The Labute approximate surface area is 175 Å². The van der Waals surface area contributed by atoms with Crippen molar-refractivity contribution in [3.8, 4) is 16.9 Å². The van der Waals surface area contributed by atoms with Crippen LogP contribution in [0.4, 0.5) is 17.5 Å². The van der Waals surface area contributed by atoms with Crippen molar-refractivity contribution in [2.45, 2.75) is 25.4 Å². The SMILES string of the molecule is COc1ccc(Nc2ncc(-c3cnn(CCO)c3)c(NC3CCNCC3)n2)cc1. The van der Waals surface area contributed by atoms with Gasteiger partial charge in [0.25, 0.3) is 0 Å². The number of nitrogens with zero attached hydrogens (tertiary/aromatic N) is 4. The summed E-state index contributed by atoms with van der Waals surface area (Å²) in [7, 11) is 1.64. The molecule has 4 rings (SSSR count). The van der Waals surface area contributed by atoms with E-state index >= 15 is 0 Å². The predicted molar refractivity (Wildman–Crippen MR) is 116 cm³/mol. The number of piperidine rings is 1. The largest absolute Gasteiger partial charge is 0.497 e. The fraction of sp³-hybridized carbons (Fsp3) is 0.381. The lowest BCUT2D eigenvalue weighted by Gasteiger charge is -2.25. The van der Waals surface area contributed by atoms with Gasteiger partial charge in [-0.25, -0.2) is 4.98 Å². The summed E-state index contributed by atoms with van der Waals surface area (Å²) in [4.78, 5) is 9.27. The van der Waals surface area contributed by atoms with Gasteiger partial charge in [-0.2, -0.15) is 10.1 Å². The molecule has 3 aromatic rings. The molecular formula is C21H27N7O2. The van der Waals surface area contributed by atoms with E-state index in [1.165, 1.54) is 0 Å². The van der Waals surface area contributed by atoms with Crippen molar-refractivity contribution < 1.29 is 9.84 Å². The molecular weight excluding hydrogens is 382 g/mol. The highest BCUT2D eigenvalue weighted by Crippen LogP contribution is 2.29. The minimum Gasteiger partial charge on any atom is -0.497 e. The van der Waals surface area contributed by atoms with Crippen LogP contribution >= 0.6 is 0 Å². The van der Waals surface area contributed by atoms with Gasteiger partial charge in [0, 0.05) is 35.2 Å². The number of aromatic nitrogens is 4. The number of benzene rings is 1. The van der Waals surface area contributed by atoms with Crippen molar-refractivity contribution in [1.82, 2.24) is 25.1 Å². The Morgan fingerprint density at radius 3 is 2.73 bits per heavy atom. The Morgan fingerprint density at radius 1 is 1.20 bits per heavy atom. The van der Waals surface area contributed by atoms with Gasteiger partial charge in [0.15, 0.2) is 0 Å². The lowest BCUT2D eigenvalue weighted by Crippen LogP contribution is -2.35. The van der Waals surface area contributed by atoms with Gasteiger partial charge in [-0.1, -0.05) is 0 Å². The Balaban J connectivity index is 1.60. The molecule has 9 nitrogen and oxygen atoms in total. The molecule has 0 bridgehead atoms. The molecule has 0 atom stereocenters. The van der Waals surface area contributed by atoms with Gasteiger partial charge in [-0.3, -0.25) is 4.68 Å². The molecule has 1 aromatic carbocycles. The van der Waals surface area contributed by atoms with Crippen molar-refractivity contribution in [2.75, 3.05) is 37.4 Å². The Kier molecular flexibility index (Phi) is 6.41. The average molecular weight is 409 g/mol. The van der Waals surface area contributed by atoms with Crippen LogP contribution in [0.25, 0.3) is 11.1 Å². The van der Waals surface area contributed by atoms with Gasteiger partial charge < -0.3 is 25.8 Å². The number of anilines is 3. The smallest absolute Gasteiger partial charge is 0.229 e. The van der Waals surface area contributed by atoms with Crippen LogP contribution in [0.15, 0.2) is 42.9 Å². The predicted octanol–water partition coefficient (Wildman–Crippen LogP) is 2.25. The lowest BCUT2D eigenvalue weighted by atomic mass is 10.1. The molecule has 0 unspecified atom stereocenters. The summed E-state index contributed by atoms with van der Waals surface area (Å²) in [6, 6.07) is 7.98. The van der Waals surface area contributed by atoms with Gasteiger partial charge >= 0.3 is 0 Å². The van der Waals surface area contributed by atoms with E-state index in [9.17, 15) is 0 Å². The van der Waals surface area contributed by atoms with Crippen molar-refractivity contribution in [2.24, 2.45) is 0 Å². The molecule has 3 heterocycles. The third-order valence-corrected chi connectivity index (χ3v) is 5.09. The van der Waals surface area contributed by atoms with Gasteiger partial charge in [-0.15, -0.1) is 0 Å². The lowest BCUT2D eigenvalue weighted by molar-refractivity contribution is 0.269. The van der Waals surface area contributed by atoms with E-state index < -0.39 is 0 Å². The molecule has 1 fully saturated rings. The van der Waals surface area contributed by atoms with Gasteiger partial charge in [0.2, 0.25) is 5.95 Å². The van der Waals surface area contributed by atoms with Crippen LogP contribution in [0.5, 0.6) is 5.75 Å². The maximum atomic E-state index is 9.16. The summed E-state index contributed by atoms with van der Waals surface area (Å²) in [6.07, 6.45) is 7.56. The van der Waals surface area contributed by atoms with E-state index in [1.807, 2.05) is 36.7 Å². The molecule has 0 amide bonds. The molecule has 0 aliphatic carbocycles. The van der Waals surface area contributed by atoms with E-state index in [0.29, 0.717) is 18.5 Å². The number of ether oxygens (including phenoxy) is 1. The maximum absolute atomic E-state index is 9.16. The van der Waals surface area contributed by atoms with E-state index in [0.717, 1.165) is 54.3 Å². The molecule has 0 saturated carbocycles. The second-order valence-corrected chi connectivity index (χ2v) is 7.19. The third kappa shape index (κ3) is 4.87. The monoisotopic (exact) mass is 409 g/mol. The number of methoxy groups -OCH3 is 1. The fourth-order valence-corrected chi connectivity index (χ4v) is 3.45. The molecule has 2 aromatic heterocycles. The van der Waals surface area contributed by atoms with Crippen molar-refractivity contribution in [3.63, 3.8) is 0 Å².